The number of nitrogens with zero attached hydrogens (tertiary/aromatic N) is 3. The Balaban J connectivity index is 2.32. The number of aromatic nitrogens is 1. The second-order valence-corrected chi connectivity index (χ2v) is 4.78. The molecule has 1 aromatic heterocycles. The van der Waals surface area contributed by atoms with Gasteiger partial charge in [0.15, 0.2) is 0 Å². The van der Waals surface area contributed by atoms with Gasteiger partial charge in [-0.1, -0.05) is 12.1 Å². The van der Waals surface area contributed by atoms with E-state index in [4.69, 9.17) is 5.26 Å². The first-order valence-corrected chi connectivity index (χ1v) is 6.44. The molecule has 2 aromatic rings. The quantitative estimate of drug-likeness (QED) is 0.925. The summed E-state index contributed by atoms with van der Waals surface area (Å²) in [6.45, 7) is 2.39. The summed E-state index contributed by atoms with van der Waals surface area (Å²) in [5.74, 6) is 0. The number of aliphatic hydroxyl groups excluding tert-OH is 1. The van der Waals surface area contributed by atoms with Gasteiger partial charge in [0.05, 0.1) is 17.7 Å². The first kappa shape index (κ1) is 14.0. The molecule has 0 saturated heterocycles. The fraction of sp³-hybridized carbons (Fsp3) is 0.250. The molecule has 2 rings (SSSR count). The van der Waals surface area contributed by atoms with Crippen molar-refractivity contribution in [1.29, 1.82) is 5.26 Å². The fourth-order valence-electron chi connectivity index (χ4n) is 2.15. The molecule has 0 amide bonds. The Morgan fingerprint density at radius 3 is 2.80 bits per heavy atom. The van der Waals surface area contributed by atoms with Crippen molar-refractivity contribution >= 4 is 5.69 Å². The van der Waals surface area contributed by atoms with E-state index in [1.807, 2.05) is 30.3 Å². The van der Waals surface area contributed by atoms with Crippen LogP contribution in [0.2, 0.25) is 0 Å². The molecule has 0 saturated carbocycles. The molecule has 102 valence electrons. The molecule has 4 heteroatoms. The number of rotatable bonds is 4. The highest BCUT2D eigenvalue weighted by molar-refractivity contribution is 5.58. The van der Waals surface area contributed by atoms with Gasteiger partial charge in [-0.2, -0.15) is 5.26 Å². The van der Waals surface area contributed by atoms with Crippen LogP contribution in [0.3, 0.4) is 0 Å². The second-order valence-electron chi connectivity index (χ2n) is 4.78. The molecule has 1 heterocycles. The molecule has 0 bridgehead atoms. The highest BCUT2D eigenvalue weighted by Crippen LogP contribution is 2.27. The van der Waals surface area contributed by atoms with Crippen LogP contribution in [0.1, 0.15) is 29.7 Å². The zero-order valence-electron chi connectivity index (χ0n) is 11.6. The van der Waals surface area contributed by atoms with Crippen LogP contribution in [0.4, 0.5) is 5.69 Å². The number of benzene rings is 1. The third kappa shape index (κ3) is 3.14. The largest absolute Gasteiger partial charge is 0.389 e. The predicted molar refractivity (Wildman–Crippen MR) is 78.1 cm³/mol. The van der Waals surface area contributed by atoms with Crippen LogP contribution in [0.5, 0.6) is 0 Å². The van der Waals surface area contributed by atoms with Gasteiger partial charge in [-0.25, -0.2) is 0 Å². The maximum absolute atomic E-state index is 9.86. The molecule has 0 fully saturated rings. The lowest BCUT2D eigenvalue weighted by molar-refractivity contribution is 0.199. The van der Waals surface area contributed by atoms with Crippen LogP contribution >= 0.6 is 0 Å². The van der Waals surface area contributed by atoms with Crippen LogP contribution in [0.25, 0.3) is 0 Å². The number of hydrogen-bond acceptors (Lipinski definition) is 4. The maximum atomic E-state index is 9.86. The lowest BCUT2D eigenvalue weighted by Gasteiger charge is -2.24. The van der Waals surface area contributed by atoms with Gasteiger partial charge in [0, 0.05) is 37.2 Å². The molecule has 0 aliphatic carbocycles. The fourth-order valence-corrected chi connectivity index (χ4v) is 2.15. The summed E-state index contributed by atoms with van der Waals surface area (Å²) in [7, 11) is 1.94. The van der Waals surface area contributed by atoms with Gasteiger partial charge in [0.1, 0.15) is 0 Å². The molecule has 20 heavy (non-hydrogen) atoms. The highest BCUT2D eigenvalue weighted by atomic mass is 16.3. The van der Waals surface area contributed by atoms with Gasteiger partial charge in [-0.3, -0.25) is 4.98 Å². The predicted octanol–water partition coefficient (Wildman–Crippen LogP) is 2.64. The third-order valence-electron chi connectivity index (χ3n) is 3.16. The average Bonchev–Trinajstić information content (AvgIpc) is 2.47. The standard InChI is InChI=1S/C16H17N3O/c1-12(20)15-6-5-13(9-17)8-16(15)19(2)11-14-4-3-7-18-10-14/h3-8,10,12,20H,11H2,1-2H3/t12-/m1/s1. The van der Waals surface area contributed by atoms with Crippen LogP contribution in [0.15, 0.2) is 42.7 Å². The van der Waals surface area contributed by atoms with Crippen molar-refractivity contribution in [3.63, 3.8) is 0 Å². The van der Waals surface area contributed by atoms with Gasteiger partial charge in [-0.15, -0.1) is 0 Å². The number of aliphatic hydroxyl groups is 1. The van der Waals surface area contributed by atoms with Crippen LogP contribution in [0, 0.1) is 11.3 Å². The average molecular weight is 267 g/mol. The Morgan fingerprint density at radius 1 is 1.40 bits per heavy atom. The molecule has 1 aromatic carbocycles. The van der Waals surface area contributed by atoms with E-state index in [1.165, 1.54) is 0 Å². The number of hydrogen-bond donors (Lipinski definition) is 1. The van der Waals surface area contributed by atoms with Crippen molar-refractivity contribution in [1.82, 2.24) is 4.98 Å². The Kier molecular flexibility index (Phi) is 4.34. The van der Waals surface area contributed by atoms with E-state index in [2.05, 4.69) is 11.1 Å². The molecule has 0 radical (unpaired) electrons. The van der Waals surface area contributed by atoms with Crippen molar-refractivity contribution in [2.24, 2.45) is 0 Å². The summed E-state index contributed by atoms with van der Waals surface area (Å²) in [5.41, 5.74) is 3.34. The molecule has 1 N–H and O–H groups in total. The normalized spacial score (nSPS) is 11.7. The molecule has 4 nitrogen and oxygen atoms in total. The van der Waals surface area contributed by atoms with E-state index in [1.54, 1.807) is 31.3 Å². The van der Waals surface area contributed by atoms with E-state index in [0.717, 1.165) is 16.8 Å². The molecular weight excluding hydrogens is 250 g/mol. The Morgan fingerprint density at radius 2 is 2.20 bits per heavy atom. The molecule has 0 aliphatic rings. The van der Waals surface area contributed by atoms with Crippen molar-refractivity contribution in [3.05, 3.63) is 59.4 Å². The first-order chi connectivity index (χ1) is 9.61. The molecule has 0 unspecified atom stereocenters. The van der Waals surface area contributed by atoms with Crippen molar-refractivity contribution < 1.29 is 5.11 Å². The molecular formula is C16H17N3O. The topological polar surface area (TPSA) is 60.1 Å². The smallest absolute Gasteiger partial charge is 0.0992 e. The van der Waals surface area contributed by atoms with Gasteiger partial charge in [-0.05, 0) is 30.7 Å². The van der Waals surface area contributed by atoms with Crippen molar-refractivity contribution in [3.8, 4) is 6.07 Å². The summed E-state index contributed by atoms with van der Waals surface area (Å²) in [4.78, 5) is 6.11. The highest BCUT2D eigenvalue weighted by Gasteiger charge is 2.13. The van der Waals surface area contributed by atoms with E-state index in [0.29, 0.717) is 12.1 Å². The number of pyridine rings is 1. The Labute approximate surface area is 118 Å². The number of nitriles is 1. The van der Waals surface area contributed by atoms with Crippen molar-refractivity contribution in [2.45, 2.75) is 19.6 Å². The van der Waals surface area contributed by atoms with Gasteiger partial charge in [0.25, 0.3) is 0 Å². The minimum Gasteiger partial charge on any atom is -0.389 e. The second kappa shape index (κ2) is 6.18. The monoisotopic (exact) mass is 267 g/mol. The van der Waals surface area contributed by atoms with E-state index < -0.39 is 6.10 Å². The third-order valence-corrected chi connectivity index (χ3v) is 3.16. The SMILES string of the molecule is C[C@@H](O)c1ccc(C#N)cc1N(C)Cc1cccnc1. The maximum Gasteiger partial charge on any atom is 0.0992 e. The van der Waals surface area contributed by atoms with Crippen LogP contribution in [-0.4, -0.2) is 17.1 Å². The van der Waals surface area contributed by atoms with E-state index in [9.17, 15) is 5.11 Å². The van der Waals surface area contributed by atoms with Crippen molar-refractivity contribution in [2.75, 3.05) is 11.9 Å². The van der Waals surface area contributed by atoms with Gasteiger partial charge in [0.2, 0.25) is 0 Å². The minimum atomic E-state index is -0.575. The summed E-state index contributed by atoms with van der Waals surface area (Å²) >= 11 is 0. The summed E-state index contributed by atoms with van der Waals surface area (Å²) < 4.78 is 0. The molecule has 0 spiro atoms. The van der Waals surface area contributed by atoms with Crippen LogP contribution in [-0.2, 0) is 6.54 Å². The van der Waals surface area contributed by atoms with Crippen LogP contribution < -0.4 is 4.90 Å². The van der Waals surface area contributed by atoms with Gasteiger partial charge < -0.3 is 10.0 Å². The number of anilines is 1. The minimum absolute atomic E-state index is 0.575. The first-order valence-electron chi connectivity index (χ1n) is 6.44. The summed E-state index contributed by atoms with van der Waals surface area (Å²) in [5, 5.41) is 18.9. The lowest BCUT2D eigenvalue weighted by Crippen LogP contribution is -2.19. The Hall–Kier alpha value is -2.38. The summed E-state index contributed by atoms with van der Waals surface area (Å²) in [6.07, 6.45) is 2.97. The zero-order chi connectivity index (χ0) is 14.5. The summed E-state index contributed by atoms with van der Waals surface area (Å²) in [6, 6.07) is 11.4. The molecule has 1 atom stereocenters. The lowest BCUT2D eigenvalue weighted by atomic mass is 10.0. The Bertz CT molecular complexity index is 617. The van der Waals surface area contributed by atoms with E-state index in [-0.39, 0.29) is 0 Å². The van der Waals surface area contributed by atoms with Gasteiger partial charge >= 0.3 is 0 Å². The zero-order valence-corrected chi connectivity index (χ0v) is 11.6. The van der Waals surface area contributed by atoms with E-state index >= 15 is 0 Å². The molecule has 0 aliphatic heterocycles.